The number of ether oxygens (including phenoxy) is 1. The quantitative estimate of drug-likeness (QED) is 0.602. The number of rotatable bonds is 11. The van der Waals surface area contributed by atoms with E-state index in [4.69, 9.17) is 4.74 Å². The van der Waals surface area contributed by atoms with Gasteiger partial charge >= 0.3 is 0 Å². The van der Waals surface area contributed by atoms with Crippen LogP contribution in [0, 0.1) is 5.92 Å². The largest absolute Gasteiger partial charge is 0.497 e. The van der Waals surface area contributed by atoms with E-state index in [0.717, 1.165) is 17.7 Å². The number of nitrogens with one attached hydrogen (secondary N) is 1. The maximum Gasteiger partial charge on any atom is 0.119 e. The highest BCUT2D eigenvalue weighted by molar-refractivity contribution is 5.28. The van der Waals surface area contributed by atoms with E-state index in [1.165, 1.54) is 63.5 Å². The molecule has 0 spiro atoms. The third-order valence-electron chi connectivity index (χ3n) is 4.40. The lowest BCUT2D eigenvalue weighted by molar-refractivity contribution is 0.408. The minimum Gasteiger partial charge on any atom is -0.497 e. The molecular formula is C19H31NO. The molecule has 1 aromatic carbocycles. The van der Waals surface area contributed by atoms with E-state index < -0.39 is 0 Å². The van der Waals surface area contributed by atoms with Gasteiger partial charge in [0.25, 0.3) is 0 Å². The Balaban J connectivity index is 1.82. The molecule has 0 heterocycles. The third kappa shape index (κ3) is 6.52. The summed E-state index contributed by atoms with van der Waals surface area (Å²) < 4.78 is 5.34. The molecule has 2 nitrogen and oxygen atoms in total. The van der Waals surface area contributed by atoms with Crippen LogP contribution in [0.25, 0.3) is 0 Å². The molecule has 2 heteroatoms. The summed E-state index contributed by atoms with van der Waals surface area (Å²) in [6, 6.07) is 9.38. The first-order chi connectivity index (χ1) is 10.3. The summed E-state index contributed by atoms with van der Waals surface area (Å²) in [5.74, 6) is 1.74. The van der Waals surface area contributed by atoms with E-state index in [0.29, 0.717) is 0 Å². The van der Waals surface area contributed by atoms with E-state index >= 15 is 0 Å². The monoisotopic (exact) mass is 289 g/mol. The van der Waals surface area contributed by atoms with Crippen molar-refractivity contribution in [3.8, 4) is 5.75 Å². The molecule has 21 heavy (non-hydrogen) atoms. The van der Waals surface area contributed by atoms with E-state index in [-0.39, 0.29) is 0 Å². The zero-order chi connectivity index (χ0) is 14.9. The van der Waals surface area contributed by atoms with Gasteiger partial charge in [0.1, 0.15) is 5.75 Å². The van der Waals surface area contributed by atoms with Crippen molar-refractivity contribution < 1.29 is 4.74 Å². The van der Waals surface area contributed by atoms with Crippen molar-refractivity contribution in [1.82, 2.24) is 5.32 Å². The molecule has 1 atom stereocenters. The fourth-order valence-corrected chi connectivity index (χ4v) is 2.89. The molecule has 118 valence electrons. The number of benzene rings is 1. The summed E-state index contributed by atoms with van der Waals surface area (Å²) >= 11 is 0. The summed E-state index contributed by atoms with van der Waals surface area (Å²) in [5, 5.41) is 3.72. The molecule has 1 saturated carbocycles. The molecule has 1 aliphatic carbocycles. The van der Waals surface area contributed by atoms with Crippen LogP contribution in [0.4, 0.5) is 0 Å². The van der Waals surface area contributed by atoms with Crippen molar-refractivity contribution in [2.24, 2.45) is 5.92 Å². The summed E-state index contributed by atoms with van der Waals surface area (Å²) in [7, 11) is 1.75. The van der Waals surface area contributed by atoms with Gasteiger partial charge < -0.3 is 10.1 Å². The molecule has 0 amide bonds. The molecule has 1 N–H and O–H groups in total. The molecule has 0 aliphatic heterocycles. The Hall–Kier alpha value is -1.02. The zero-order valence-corrected chi connectivity index (χ0v) is 13.7. The number of unbranched alkanes of at least 4 members (excludes halogenated alkanes) is 3. The Kier molecular flexibility index (Phi) is 7.08. The summed E-state index contributed by atoms with van der Waals surface area (Å²) in [6.45, 7) is 3.45. The highest BCUT2D eigenvalue weighted by Crippen LogP contribution is 2.22. The average molecular weight is 289 g/mol. The maximum absolute atomic E-state index is 5.34. The second-order valence-corrected chi connectivity index (χ2v) is 6.45. The smallest absolute Gasteiger partial charge is 0.119 e. The van der Waals surface area contributed by atoms with Crippen molar-refractivity contribution >= 4 is 0 Å². The minimum atomic E-state index is 0.759. The van der Waals surface area contributed by atoms with Gasteiger partial charge in [-0.05, 0) is 55.8 Å². The first-order valence-corrected chi connectivity index (χ1v) is 8.68. The fourth-order valence-electron chi connectivity index (χ4n) is 2.89. The molecule has 0 bridgehead atoms. The second-order valence-electron chi connectivity index (χ2n) is 6.45. The van der Waals surface area contributed by atoms with Crippen LogP contribution in [0.2, 0.25) is 0 Å². The fraction of sp³-hybridized carbons (Fsp3) is 0.684. The second kappa shape index (κ2) is 9.09. The van der Waals surface area contributed by atoms with E-state index in [2.05, 4.69) is 30.4 Å². The van der Waals surface area contributed by atoms with Crippen molar-refractivity contribution in [3.63, 3.8) is 0 Å². The lowest BCUT2D eigenvalue weighted by atomic mass is 9.93. The van der Waals surface area contributed by atoms with Gasteiger partial charge in [0.05, 0.1) is 7.11 Å². The number of hydrogen-bond donors (Lipinski definition) is 1. The van der Waals surface area contributed by atoms with Crippen LogP contribution in [0.3, 0.4) is 0 Å². The van der Waals surface area contributed by atoms with Crippen molar-refractivity contribution in [2.45, 2.75) is 64.3 Å². The average Bonchev–Trinajstić information content (AvgIpc) is 3.33. The highest BCUT2D eigenvalue weighted by atomic mass is 16.5. The zero-order valence-electron chi connectivity index (χ0n) is 13.7. The lowest BCUT2D eigenvalue weighted by Crippen LogP contribution is -2.26. The molecule has 0 saturated heterocycles. The lowest BCUT2D eigenvalue weighted by Gasteiger charge is -2.18. The van der Waals surface area contributed by atoms with Crippen LogP contribution in [-0.2, 0) is 6.42 Å². The van der Waals surface area contributed by atoms with Crippen LogP contribution in [0.15, 0.2) is 24.3 Å². The summed E-state index contributed by atoms with van der Waals surface area (Å²) in [5.41, 5.74) is 1.41. The van der Waals surface area contributed by atoms with Gasteiger partial charge in [0.2, 0.25) is 0 Å². The third-order valence-corrected chi connectivity index (χ3v) is 4.40. The van der Waals surface area contributed by atoms with Crippen LogP contribution in [-0.4, -0.2) is 19.7 Å². The normalized spacial score (nSPS) is 15.9. The molecule has 1 unspecified atom stereocenters. The van der Waals surface area contributed by atoms with E-state index in [9.17, 15) is 0 Å². The van der Waals surface area contributed by atoms with Gasteiger partial charge in [0.15, 0.2) is 0 Å². The number of hydrogen-bond acceptors (Lipinski definition) is 2. The Morgan fingerprint density at radius 1 is 1.24 bits per heavy atom. The van der Waals surface area contributed by atoms with Gasteiger partial charge in [-0.1, -0.05) is 44.7 Å². The van der Waals surface area contributed by atoms with Gasteiger partial charge in [-0.15, -0.1) is 0 Å². The van der Waals surface area contributed by atoms with E-state index in [1.54, 1.807) is 7.11 Å². The minimum absolute atomic E-state index is 0.759. The summed E-state index contributed by atoms with van der Waals surface area (Å²) in [6.07, 6.45) is 10.7. The number of methoxy groups -OCH3 is 1. The van der Waals surface area contributed by atoms with Crippen LogP contribution in [0.5, 0.6) is 5.75 Å². The summed E-state index contributed by atoms with van der Waals surface area (Å²) in [4.78, 5) is 0. The molecule has 1 aliphatic rings. The maximum atomic E-state index is 5.34. The van der Waals surface area contributed by atoms with Crippen molar-refractivity contribution in [3.05, 3.63) is 29.8 Å². The molecule has 1 fully saturated rings. The Bertz CT molecular complexity index is 400. The van der Waals surface area contributed by atoms with Gasteiger partial charge in [0, 0.05) is 6.04 Å². The van der Waals surface area contributed by atoms with Gasteiger partial charge in [-0.2, -0.15) is 0 Å². The van der Waals surface area contributed by atoms with Crippen molar-refractivity contribution in [2.75, 3.05) is 13.7 Å². The standard InChI is InChI=1S/C19H31NO/c1-3-4-5-6-8-17(15-20-18-11-12-18)13-16-9-7-10-19(14-16)21-2/h7,9-10,14,17-18,20H,3-6,8,11-13,15H2,1-2H3. The first-order valence-electron chi connectivity index (χ1n) is 8.68. The van der Waals surface area contributed by atoms with E-state index in [1.807, 2.05) is 6.07 Å². The SMILES string of the molecule is CCCCCCC(CNC1CC1)Cc1cccc(OC)c1. The Morgan fingerprint density at radius 2 is 2.10 bits per heavy atom. The van der Waals surface area contributed by atoms with Crippen LogP contribution < -0.4 is 10.1 Å². The highest BCUT2D eigenvalue weighted by Gasteiger charge is 2.21. The topological polar surface area (TPSA) is 21.3 Å². The molecule has 0 aromatic heterocycles. The van der Waals surface area contributed by atoms with Gasteiger partial charge in [-0.3, -0.25) is 0 Å². The molecule has 2 rings (SSSR count). The predicted molar refractivity (Wildman–Crippen MR) is 90.0 cm³/mol. The van der Waals surface area contributed by atoms with Crippen molar-refractivity contribution in [1.29, 1.82) is 0 Å². The van der Waals surface area contributed by atoms with Crippen LogP contribution >= 0.6 is 0 Å². The molecule has 0 radical (unpaired) electrons. The predicted octanol–water partition coefficient (Wildman–Crippen LogP) is 4.58. The van der Waals surface area contributed by atoms with Crippen LogP contribution in [0.1, 0.15) is 57.4 Å². The Morgan fingerprint density at radius 3 is 2.81 bits per heavy atom. The first kappa shape index (κ1) is 16.4. The van der Waals surface area contributed by atoms with Gasteiger partial charge in [-0.25, -0.2) is 0 Å². The molecule has 1 aromatic rings. The Labute approximate surface area is 130 Å². The molecular weight excluding hydrogens is 258 g/mol.